The van der Waals surface area contributed by atoms with Crippen molar-refractivity contribution in [1.82, 2.24) is 4.31 Å². The van der Waals surface area contributed by atoms with Crippen molar-refractivity contribution in [3.8, 4) is 5.75 Å². The van der Waals surface area contributed by atoms with E-state index in [1.165, 1.54) is 4.90 Å². The Morgan fingerprint density at radius 3 is 2.12 bits per heavy atom. The third kappa shape index (κ3) is 6.73. The summed E-state index contributed by atoms with van der Waals surface area (Å²) in [5.41, 5.74) is -3.19. The molecular weight excluding hydrogens is 604 g/mol. The van der Waals surface area contributed by atoms with Crippen LogP contribution in [-0.4, -0.2) is 68.2 Å². The van der Waals surface area contributed by atoms with Crippen molar-refractivity contribution >= 4 is 21.7 Å². The van der Waals surface area contributed by atoms with Gasteiger partial charge in [-0.2, -0.15) is 30.6 Å². The molecular formula is C26H32F8N2O5S. The summed E-state index contributed by atoms with van der Waals surface area (Å²) in [6.45, 7) is -0.314. The molecule has 0 aromatic heterocycles. The van der Waals surface area contributed by atoms with E-state index in [0.717, 1.165) is 11.4 Å². The fourth-order valence-electron chi connectivity index (χ4n) is 5.65. The minimum atomic E-state index is -5.07. The molecule has 0 amide bonds. The average molecular weight is 637 g/mol. The molecule has 1 heterocycles. The molecule has 0 spiro atoms. The zero-order valence-electron chi connectivity index (χ0n) is 22.9. The van der Waals surface area contributed by atoms with Gasteiger partial charge in [0.15, 0.2) is 0 Å². The van der Waals surface area contributed by atoms with E-state index in [2.05, 4.69) is 0 Å². The van der Waals surface area contributed by atoms with E-state index < -0.39 is 92.6 Å². The number of anilines is 1. The zero-order chi connectivity index (χ0) is 31.5. The predicted octanol–water partition coefficient (Wildman–Crippen LogP) is 6.31. The predicted molar refractivity (Wildman–Crippen MR) is 134 cm³/mol. The van der Waals surface area contributed by atoms with Crippen LogP contribution in [-0.2, 0) is 21.0 Å². The lowest BCUT2D eigenvalue weighted by atomic mass is 9.84. The summed E-state index contributed by atoms with van der Waals surface area (Å²) in [5, 5.41) is 9.41. The van der Waals surface area contributed by atoms with Crippen LogP contribution in [0.25, 0.3) is 0 Å². The first-order valence-electron chi connectivity index (χ1n) is 13.5. The summed E-state index contributed by atoms with van der Waals surface area (Å²) in [5.74, 6) is -6.97. The van der Waals surface area contributed by atoms with E-state index in [0.29, 0.717) is 19.1 Å². The molecule has 2 saturated carbocycles. The molecule has 0 unspecified atom stereocenters. The molecule has 7 nitrogen and oxygen atoms in total. The first-order valence-corrected chi connectivity index (χ1v) is 14.9. The molecule has 2 fully saturated rings. The Morgan fingerprint density at radius 2 is 1.64 bits per heavy atom. The van der Waals surface area contributed by atoms with Crippen LogP contribution in [0.4, 0.5) is 40.8 Å². The van der Waals surface area contributed by atoms with Crippen LogP contribution in [0.2, 0.25) is 0 Å². The van der Waals surface area contributed by atoms with Gasteiger partial charge in [0.25, 0.3) is 0 Å². The summed E-state index contributed by atoms with van der Waals surface area (Å²) in [6, 6.07) is -0.701. The molecule has 1 aliphatic heterocycles. The summed E-state index contributed by atoms with van der Waals surface area (Å²) < 4.78 is 144. The molecule has 3 aliphatic rings. The lowest BCUT2D eigenvalue weighted by Crippen LogP contribution is -2.47. The van der Waals surface area contributed by atoms with Crippen LogP contribution < -0.4 is 9.64 Å². The number of aliphatic carboxylic acids is 1. The molecule has 16 heteroatoms. The van der Waals surface area contributed by atoms with E-state index in [-0.39, 0.29) is 51.5 Å². The van der Waals surface area contributed by atoms with Crippen LogP contribution in [0.1, 0.15) is 63.9 Å². The van der Waals surface area contributed by atoms with Gasteiger partial charge in [0.2, 0.25) is 15.9 Å². The Balaban J connectivity index is 1.81. The molecule has 42 heavy (non-hydrogen) atoms. The highest BCUT2D eigenvalue weighted by molar-refractivity contribution is 7.89. The normalized spacial score (nSPS) is 26.3. The van der Waals surface area contributed by atoms with Crippen LogP contribution in [0, 0.1) is 11.3 Å². The van der Waals surface area contributed by atoms with Crippen molar-refractivity contribution in [3.05, 3.63) is 17.7 Å². The summed E-state index contributed by atoms with van der Waals surface area (Å²) in [7, 11) is -3.50. The van der Waals surface area contributed by atoms with Gasteiger partial charge in [0.1, 0.15) is 22.7 Å². The van der Waals surface area contributed by atoms with Gasteiger partial charge >= 0.3 is 18.3 Å². The third-order valence-electron chi connectivity index (χ3n) is 8.58. The number of ether oxygens (including phenoxy) is 1. The van der Waals surface area contributed by atoms with Crippen LogP contribution >= 0.6 is 0 Å². The fourth-order valence-corrected chi connectivity index (χ4v) is 7.23. The second kappa shape index (κ2) is 11.0. The van der Waals surface area contributed by atoms with E-state index in [4.69, 9.17) is 4.74 Å². The molecule has 2 aliphatic carbocycles. The SMILES string of the molecule is CN1[C@H](CCC(C)(F)F)CN(C2CCC(C(F)(F)F)CC2)c2cc(C(F)(F)F)c(OCC3(C(=O)O)CC3)cc2S1(=O)=O. The Labute approximate surface area is 237 Å². The number of carbonyl (C=O) groups is 1. The number of nitrogens with zero attached hydrogens (tertiary/aromatic N) is 2. The van der Waals surface area contributed by atoms with E-state index in [1.54, 1.807) is 0 Å². The molecule has 1 aromatic rings. The van der Waals surface area contributed by atoms with Gasteiger partial charge < -0.3 is 14.7 Å². The number of hydrogen-bond donors (Lipinski definition) is 1. The molecule has 1 N–H and O–H groups in total. The molecule has 0 bridgehead atoms. The van der Waals surface area contributed by atoms with Gasteiger partial charge in [0, 0.05) is 38.2 Å². The third-order valence-corrected chi connectivity index (χ3v) is 10.5. The summed E-state index contributed by atoms with van der Waals surface area (Å²) in [6.07, 6.45) is -11.2. The maximum absolute atomic E-state index is 14.3. The molecule has 0 radical (unpaired) electrons. The van der Waals surface area contributed by atoms with Crippen molar-refractivity contribution in [1.29, 1.82) is 0 Å². The van der Waals surface area contributed by atoms with Gasteiger partial charge in [0.05, 0.1) is 17.2 Å². The Bertz CT molecular complexity index is 1280. The largest absolute Gasteiger partial charge is 0.492 e. The molecule has 0 saturated heterocycles. The molecule has 4 rings (SSSR count). The Hall–Kier alpha value is -2.36. The number of sulfonamides is 1. The van der Waals surface area contributed by atoms with Gasteiger partial charge in [-0.1, -0.05) is 0 Å². The van der Waals surface area contributed by atoms with E-state index in [9.17, 15) is 53.4 Å². The molecule has 1 aromatic carbocycles. The van der Waals surface area contributed by atoms with Crippen molar-refractivity contribution in [3.63, 3.8) is 0 Å². The van der Waals surface area contributed by atoms with Crippen molar-refractivity contribution < 1.29 is 58.2 Å². The Kier molecular flexibility index (Phi) is 8.50. The Morgan fingerprint density at radius 1 is 1.05 bits per heavy atom. The second-order valence-electron chi connectivity index (χ2n) is 11.7. The number of fused-ring (bicyclic) bond motifs is 1. The lowest BCUT2D eigenvalue weighted by Gasteiger charge is -2.40. The van der Waals surface area contributed by atoms with E-state index in [1.807, 2.05) is 0 Å². The highest BCUT2D eigenvalue weighted by atomic mass is 32.2. The standard InChI is InChI=1S/C26H32F8N2O5S/c1-23(27,28)8-7-17-13-36(16-5-3-15(4-6-16)25(29,30)31)19-11-18(26(32,33)34)20(12-21(19)42(39,40)35(17)2)41-14-24(9-10-24)22(37)38/h11-12,15-17H,3-10,13-14H2,1-2H3,(H,37,38)/t15?,16?,17-/m1/s1. The van der Waals surface area contributed by atoms with E-state index >= 15 is 0 Å². The maximum Gasteiger partial charge on any atom is 0.420 e. The fraction of sp³-hybridized carbons (Fsp3) is 0.731. The first-order chi connectivity index (χ1) is 19.2. The number of rotatable bonds is 8. The van der Waals surface area contributed by atoms with Crippen molar-refractivity contribution in [2.75, 3.05) is 25.1 Å². The minimum Gasteiger partial charge on any atom is -0.492 e. The number of carboxylic acids is 1. The van der Waals surface area contributed by atoms with Crippen molar-refractivity contribution in [2.45, 2.75) is 93.5 Å². The van der Waals surface area contributed by atoms with Gasteiger partial charge in [-0.3, -0.25) is 4.79 Å². The summed E-state index contributed by atoms with van der Waals surface area (Å²) >= 11 is 0. The van der Waals surface area contributed by atoms with Crippen LogP contribution in [0.15, 0.2) is 17.0 Å². The smallest absolute Gasteiger partial charge is 0.420 e. The molecule has 1 atom stereocenters. The second-order valence-corrected chi connectivity index (χ2v) is 13.6. The monoisotopic (exact) mass is 636 g/mol. The summed E-state index contributed by atoms with van der Waals surface area (Å²) in [4.78, 5) is 12.2. The lowest BCUT2D eigenvalue weighted by molar-refractivity contribution is -0.182. The average Bonchev–Trinajstić information content (AvgIpc) is 3.67. The van der Waals surface area contributed by atoms with Gasteiger partial charge in [-0.25, -0.2) is 17.2 Å². The zero-order valence-corrected chi connectivity index (χ0v) is 23.7. The van der Waals surface area contributed by atoms with Crippen LogP contribution in [0.5, 0.6) is 5.75 Å². The quantitative estimate of drug-likeness (QED) is 0.337. The first kappa shape index (κ1) is 32.6. The minimum absolute atomic E-state index is 0.106. The van der Waals surface area contributed by atoms with Gasteiger partial charge in [-0.15, -0.1) is 0 Å². The number of carboxylic acid groups (broad SMARTS) is 1. The highest BCUT2D eigenvalue weighted by Crippen LogP contribution is 2.49. The highest BCUT2D eigenvalue weighted by Gasteiger charge is 2.52. The number of halogens is 8. The van der Waals surface area contributed by atoms with Crippen LogP contribution in [0.3, 0.4) is 0 Å². The maximum atomic E-state index is 14.3. The topological polar surface area (TPSA) is 87.2 Å². The number of benzene rings is 1. The number of hydrogen-bond acceptors (Lipinski definition) is 5. The van der Waals surface area contributed by atoms with Crippen molar-refractivity contribution in [2.24, 2.45) is 11.3 Å². The molecule has 238 valence electrons. The number of alkyl halides is 8. The number of likely N-dealkylation sites (N-methyl/N-ethyl adjacent to an activating group) is 1. The van der Waals surface area contributed by atoms with Gasteiger partial charge in [-0.05, 0) is 57.9 Å².